The summed E-state index contributed by atoms with van der Waals surface area (Å²) in [5.41, 5.74) is 0. The van der Waals surface area contributed by atoms with E-state index in [1.165, 1.54) is 32.1 Å². The van der Waals surface area contributed by atoms with Crippen LogP contribution in [0.1, 0.15) is 85.0 Å². The van der Waals surface area contributed by atoms with Gasteiger partial charge in [0.05, 0.1) is 0 Å². The van der Waals surface area contributed by atoms with Crippen molar-refractivity contribution < 1.29 is 19.5 Å². The molecule has 0 fully saturated rings. The molecule has 0 aliphatic rings. The van der Waals surface area contributed by atoms with Crippen LogP contribution in [0.25, 0.3) is 0 Å². The van der Waals surface area contributed by atoms with Gasteiger partial charge in [0.15, 0.2) is 0 Å². The SMILES string of the molecule is CCCCCCCCCCC(=O)N[C@@H](CC(C)C)C(=O)NCC(=O)O. The van der Waals surface area contributed by atoms with Gasteiger partial charge in [-0.15, -0.1) is 0 Å². The Morgan fingerprint density at radius 3 is 2.00 bits per heavy atom. The first-order valence-electron chi connectivity index (χ1n) is 9.65. The van der Waals surface area contributed by atoms with E-state index < -0.39 is 24.5 Å². The fraction of sp³-hybridized carbons (Fsp3) is 0.842. The van der Waals surface area contributed by atoms with Crippen molar-refractivity contribution >= 4 is 17.8 Å². The summed E-state index contributed by atoms with van der Waals surface area (Å²) in [6.45, 7) is 5.69. The molecule has 0 rings (SSSR count). The van der Waals surface area contributed by atoms with Gasteiger partial charge in [-0.3, -0.25) is 14.4 Å². The minimum absolute atomic E-state index is 0.137. The molecule has 0 saturated carbocycles. The van der Waals surface area contributed by atoms with Crippen molar-refractivity contribution in [2.45, 2.75) is 91.0 Å². The van der Waals surface area contributed by atoms with Gasteiger partial charge in [-0.2, -0.15) is 0 Å². The molecule has 0 aromatic carbocycles. The van der Waals surface area contributed by atoms with Crippen LogP contribution < -0.4 is 10.6 Å². The second-order valence-corrected chi connectivity index (χ2v) is 7.09. The summed E-state index contributed by atoms with van der Waals surface area (Å²) in [6.07, 6.45) is 10.2. The van der Waals surface area contributed by atoms with Gasteiger partial charge in [-0.1, -0.05) is 65.7 Å². The number of aliphatic carboxylic acids is 1. The normalized spacial score (nSPS) is 12.0. The maximum Gasteiger partial charge on any atom is 0.322 e. The van der Waals surface area contributed by atoms with Crippen molar-refractivity contribution in [3.05, 3.63) is 0 Å². The summed E-state index contributed by atoms with van der Waals surface area (Å²) >= 11 is 0. The Bertz CT molecular complexity index is 397. The first-order chi connectivity index (χ1) is 11.9. The van der Waals surface area contributed by atoms with Gasteiger partial charge in [0.2, 0.25) is 11.8 Å². The summed E-state index contributed by atoms with van der Waals surface area (Å²) in [6, 6.07) is -0.666. The molecular weight excluding hydrogens is 320 g/mol. The minimum Gasteiger partial charge on any atom is -0.480 e. The fourth-order valence-electron chi connectivity index (χ4n) is 2.67. The van der Waals surface area contributed by atoms with Gasteiger partial charge in [-0.25, -0.2) is 0 Å². The Morgan fingerprint density at radius 1 is 0.920 bits per heavy atom. The second kappa shape index (κ2) is 14.7. The van der Waals surface area contributed by atoms with E-state index >= 15 is 0 Å². The van der Waals surface area contributed by atoms with Crippen LogP contribution in [0.15, 0.2) is 0 Å². The standard InChI is InChI=1S/C19H36N2O4/c1-4-5-6-7-8-9-10-11-12-17(22)21-16(13-15(2)3)19(25)20-14-18(23)24/h15-16H,4-14H2,1-3H3,(H,20,25)(H,21,22)(H,23,24)/t16-/m0/s1. The van der Waals surface area contributed by atoms with Crippen LogP contribution in [-0.2, 0) is 14.4 Å². The maximum atomic E-state index is 12.0. The molecule has 0 unspecified atom stereocenters. The molecule has 0 heterocycles. The highest BCUT2D eigenvalue weighted by molar-refractivity contribution is 5.89. The molecule has 0 spiro atoms. The largest absolute Gasteiger partial charge is 0.480 e. The molecule has 2 amide bonds. The highest BCUT2D eigenvalue weighted by Gasteiger charge is 2.21. The molecule has 6 heteroatoms. The van der Waals surface area contributed by atoms with Gasteiger partial charge in [-0.05, 0) is 18.8 Å². The van der Waals surface area contributed by atoms with E-state index in [9.17, 15) is 14.4 Å². The number of carbonyl (C=O) groups excluding carboxylic acids is 2. The Balaban J connectivity index is 4.04. The van der Waals surface area contributed by atoms with Crippen molar-refractivity contribution in [1.29, 1.82) is 0 Å². The van der Waals surface area contributed by atoms with Crippen molar-refractivity contribution in [3.63, 3.8) is 0 Å². The number of carboxylic acids is 1. The van der Waals surface area contributed by atoms with Crippen LogP contribution in [-0.4, -0.2) is 35.5 Å². The van der Waals surface area contributed by atoms with Crippen LogP contribution in [0.2, 0.25) is 0 Å². The van der Waals surface area contributed by atoms with Crippen molar-refractivity contribution in [1.82, 2.24) is 10.6 Å². The molecule has 0 aliphatic carbocycles. The summed E-state index contributed by atoms with van der Waals surface area (Å²) in [4.78, 5) is 34.6. The summed E-state index contributed by atoms with van der Waals surface area (Å²) in [5, 5.41) is 13.7. The third kappa shape index (κ3) is 14.5. The molecule has 0 saturated heterocycles. The van der Waals surface area contributed by atoms with Crippen LogP contribution >= 0.6 is 0 Å². The zero-order valence-electron chi connectivity index (χ0n) is 16.1. The van der Waals surface area contributed by atoms with E-state index in [1.54, 1.807) is 0 Å². The van der Waals surface area contributed by atoms with Gasteiger partial charge in [0, 0.05) is 6.42 Å². The molecule has 0 radical (unpaired) electrons. The molecule has 3 N–H and O–H groups in total. The lowest BCUT2D eigenvalue weighted by Gasteiger charge is -2.19. The lowest BCUT2D eigenvalue weighted by atomic mass is 10.0. The van der Waals surface area contributed by atoms with E-state index in [0.29, 0.717) is 12.8 Å². The molecular formula is C19H36N2O4. The lowest BCUT2D eigenvalue weighted by molar-refractivity contribution is -0.138. The smallest absolute Gasteiger partial charge is 0.322 e. The molecule has 0 aromatic heterocycles. The average Bonchev–Trinajstić information content (AvgIpc) is 2.54. The van der Waals surface area contributed by atoms with Gasteiger partial charge in [0.25, 0.3) is 0 Å². The molecule has 1 atom stereocenters. The minimum atomic E-state index is -1.10. The van der Waals surface area contributed by atoms with Gasteiger partial charge < -0.3 is 15.7 Å². The van der Waals surface area contributed by atoms with E-state index in [1.807, 2.05) is 13.8 Å². The number of hydrogen-bond acceptors (Lipinski definition) is 3. The van der Waals surface area contributed by atoms with E-state index in [2.05, 4.69) is 17.6 Å². The highest BCUT2D eigenvalue weighted by atomic mass is 16.4. The molecule has 0 aliphatic heterocycles. The predicted octanol–water partition coefficient (Wildman–Crippen LogP) is 3.25. The first-order valence-corrected chi connectivity index (χ1v) is 9.65. The van der Waals surface area contributed by atoms with Crippen molar-refractivity contribution in [2.24, 2.45) is 5.92 Å². The quantitative estimate of drug-likeness (QED) is 0.393. The Morgan fingerprint density at radius 2 is 1.48 bits per heavy atom. The first kappa shape index (κ1) is 23.4. The maximum absolute atomic E-state index is 12.0. The fourth-order valence-corrected chi connectivity index (χ4v) is 2.67. The summed E-state index contributed by atoms with van der Waals surface area (Å²) in [5.74, 6) is -1.44. The number of nitrogens with one attached hydrogen (secondary N) is 2. The molecule has 0 bridgehead atoms. The van der Waals surface area contributed by atoms with E-state index in [-0.39, 0.29) is 11.8 Å². The van der Waals surface area contributed by atoms with E-state index in [0.717, 1.165) is 19.3 Å². The monoisotopic (exact) mass is 356 g/mol. The number of carbonyl (C=O) groups is 3. The van der Waals surface area contributed by atoms with Crippen molar-refractivity contribution in [3.8, 4) is 0 Å². The van der Waals surface area contributed by atoms with Crippen LogP contribution in [0.3, 0.4) is 0 Å². The Hall–Kier alpha value is -1.59. The molecule has 0 aromatic rings. The van der Waals surface area contributed by atoms with Gasteiger partial charge >= 0.3 is 5.97 Å². The predicted molar refractivity (Wildman–Crippen MR) is 99.3 cm³/mol. The van der Waals surface area contributed by atoms with Gasteiger partial charge in [0.1, 0.15) is 12.6 Å². The molecule has 146 valence electrons. The Kier molecular flexibility index (Phi) is 13.8. The topological polar surface area (TPSA) is 95.5 Å². The number of unbranched alkanes of at least 4 members (excludes halogenated alkanes) is 7. The number of hydrogen-bond donors (Lipinski definition) is 3. The average molecular weight is 357 g/mol. The number of carboxylic acid groups (broad SMARTS) is 1. The van der Waals surface area contributed by atoms with Crippen LogP contribution in [0, 0.1) is 5.92 Å². The highest BCUT2D eigenvalue weighted by Crippen LogP contribution is 2.10. The number of amides is 2. The lowest BCUT2D eigenvalue weighted by Crippen LogP contribution is -2.48. The third-order valence-corrected chi connectivity index (χ3v) is 4.03. The summed E-state index contributed by atoms with van der Waals surface area (Å²) < 4.78 is 0. The molecule has 6 nitrogen and oxygen atoms in total. The Labute approximate surface area is 152 Å². The van der Waals surface area contributed by atoms with Crippen molar-refractivity contribution in [2.75, 3.05) is 6.54 Å². The zero-order chi connectivity index (χ0) is 19.1. The van der Waals surface area contributed by atoms with E-state index in [4.69, 9.17) is 5.11 Å². The third-order valence-electron chi connectivity index (χ3n) is 4.03. The second-order valence-electron chi connectivity index (χ2n) is 7.09. The number of rotatable bonds is 15. The summed E-state index contributed by atoms with van der Waals surface area (Å²) in [7, 11) is 0. The zero-order valence-corrected chi connectivity index (χ0v) is 16.1. The van der Waals surface area contributed by atoms with Crippen LogP contribution in [0.4, 0.5) is 0 Å². The molecule has 25 heavy (non-hydrogen) atoms. The van der Waals surface area contributed by atoms with Crippen LogP contribution in [0.5, 0.6) is 0 Å².